The zero-order chi connectivity index (χ0) is 15.2. The third-order valence-corrected chi connectivity index (χ3v) is 2.79. The molecule has 0 bridgehead atoms. The first-order chi connectivity index (χ1) is 10.1. The highest BCUT2D eigenvalue weighted by atomic mass is 35.5. The molecule has 0 aliphatic heterocycles. The fourth-order valence-corrected chi connectivity index (χ4v) is 1.69. The minimum absolute atomic E-state index is 0.501. The van der Waals surface area contributed by atoms with Gasteiger partial charge in [-0.3, -0.25) is 5.43 Å². The maximum Gasteiger partial charge on any atom is 0.349 e. The second-order valence-electron chi connectivity index (χ2n) is 4.09. The van der Waals surface area contributed by atoms with Gasteiger partial charge in [-0.05, 0) is 36.4 Å². The van der Waals surface area contributed by atoms with E-state index in [1.807, 2.05) is 6.07 Å². The van der Waals surface area contributed by atoms with Crippen molar-refractivity contribution in [2.45, 2.75) is 0 Å². The van der Waals surface area contributed by atoms with Gasteiger partial charge in [0, 0.05) is 10.7 Å². The summed E-state index contributed by atoms with van der Waals surface area (Å²) in [6, 6.07) is 13.6. The van der Waals surface area contributed by atoms with Gasteiger partial charge in [0.1, 0.15) is 0 Å². The Labute approximate surface area is 126 Å². The molecule has 4 N–H and O–H groups in total. The average Bonchev–Trinajstić information content (AvgIpc) is 2.47. The third kappa shape index (κ3) is 4.12. The summed E-state index contributed by atoms with van der Waals surface area (Å²) >= 11 is 5.77. The lowest BCUT2D eigenvalue weighted by molar-refractivity contribution is 0.208. The number of carbonyl (C=O) groups is 2. The molecule has 0 heterocycles. The van der Waals surface area contributed by atoms with E-state index in [0.717, 1.165) is 0 Å². The average molecular weight is 305 g/mol. The molecule has 6 nitrogen and oxygen atoms in total. The van der Waals surface area contributed by atoms with Crippen LogP contribution in [-0.2, 0) is 0 Å². The van der Waals surface area contributed by atoms with E-state index in [9.17, 15) is 9.59 Å². The minimum Gasteiger partial charge on any atom is -0.350 e. The molecular formula is C14H13ClN4O2. The predicted octanol–water partition coefficient (Wildman–Crippen LogP) is 3.28. The van der Waals surface area contributed by atoms with Gasteiger partial charge in [-0.25, -0.2) is 9.59 Å². The summed E-state index contributed by atoms with van der Waals surface area (Å²) < 4.78 is 0. The lowest BCUT2D eigenvalue weighted by Gasteiger charge is -2.20. The lowest BCUT2D eigenvalue weighted by atomic mass is 10.3. The molecule has 7 heteroatoms. The molecule has 21 heavy (non-hydrogen) atoms. The van der Waals surface area contributed by atoms with Gasteiger partial charge in [-0.2, -0.15) is 5.01 Å². The van der Waals surface area contributed by atoms with Crippen molar-refractivity contribution >= 4 is 35.0 Å². The number of primary amides is 1. The van der Waals surface area contributed by atoms with E-state index < -0.39 is 12.1 Å². The van der Waals surface area contributed by atoms with Crippen molar-refractivity contribution in [3.63, 3.8) is 0 Å². The highest BCUT2D eigenvalue weighted by Crippen LogP contribution is 2.14. The lowest BCUT2D eigenvalue weighted by Crippen LogP contribution is -2.46. The molecular weight excluding hydrogens is 292 g/mol. The van der Waals surface area contributed by atoms with Crippen LogP contribution in [0.15, 0.2) is 54.6 Å². The van der Waals surface area contributed by atoms with Crippen molar-refractivity contribution in [1.29, 1.82) is 0 Å². The van der Waals surface area contributed by atoms with Gasteiger partial charge < -0.3 is 11.1 Å². The molecule has 0 saturated heterocycles. The van der Waals surface area contributed by atoms with E-state index >= 15 is 0 Å². The van der Waals surface area contributed by atoms with E-state index in [4.69, 9.17) is 17.3 Å². The molecule has 0 unspecified atom stereocenters. The molecule has 4 amide bonds. The molecule has 0 fully saturated rings. The molecule has 2 aromatic carbocycles. The number of halogens is 1. The van der Waals surface area contributed by atoms with Crippen LogP contribution in [0.3, 0.4) is 0 Å². The first-order valence-electron chi connectivity index (χ1n) is 6.04. The van der Waals surface area contributed by atoms with Crippen LogP contribution >= 0.6 is 11.6 Å². The number of benzene rings is 2. The number of nitrogens with zero attached hydrogens (tertiary/aromatic N) is 1. The Hall–Kier alpha value is -2.73. The van der Waals surface area contributed by atoms with Crippen molar-refractivity contribution in [3.05, 3.63) is 59.6 Å². The first kappa shape index (κ1) is 14.7. The topological polar surface area (TPSA) is 87.5 Å². The zero-order valence-corrected chi connectivity index (χ0v) is 11.7. The van der Waals surface area contributed by atoms with Crippen LogP contribution in [0.1, 0.15) is 0 Å². The molecule has 2 rings (SSSR count). The van der Waals surface area contributed by atoms with Gasteiger partial charge in [0.15, 0.2) is 0 Å². The number of imide groups is 1. The van der Waals surface area contributed by atoms with Crippen LogP contribution in [0, 0.1) is 0 Å². The van der Waals surface area contributed by atoms with Crippen LogP contribution in [-0.4, -0.2) is 17.1 Å². The number of hydrogen-bond acceptors (Lipinski definition) is 3. The molecule has 0 saturated carbocycles. The Bertz CT molecular complexity index is 631. The maximum atomic E-state index is 12.1. The normalized spacial score (nSPS) is 9.76. The van der Waals surface area contributed by atoms with E-state index in [-0.39, 0.29) is 0 Å². The van der Waals surface area contributed by atoms with Crippen molar-refractivity contribution in [2.75, 3.05) is 10.7 Å². The second kappa shape index (κ2) is 6.62. The third-order valence-electron chi connectivity index (χ3n) is 2.53. The minimum atomic E-state index is -0.932. The number of para-hydroxylation sites is 1. The highest BCUT2D eigenvalue weighted by Gasteiger charge is 2.19. The molecule has 0 aromatic heterocycles. The number of nitrogens with one attached hydrogen (secondary N) is 2. The van der Waals surface area contributed by atoms with Crippen LogP contribution in [0.5, 0.6) is 0 Å². The van der Waals surface area contributed by atoms with Gasteiger partial charge >= 0.3 is 12.1 Å². The number of amides is 4. The molecule has 0 aliphatic rings. The highest BCUT2D eigenvalue weighted by molar-refractivity contribution is 6.30. The molecule has 0 aliphatic carbocycles. The quantitative estimate of drug-likeness (QED) is 0.760. The molecule has 0 radical (unpaired) electrons. The summed E-state index contributed by atoms with van der Waals surface area (Å²) in [4.78, 5) is 23.5. The molecule has 108 valence electrons. The number of hydrazine groups is 1. The van der Waals surface area contributed by atoms with E-state index in [2.05, 4.69) is 10.7 Å². The van der Waals surface area contributed by atoms with Crippen LogP contribution < -0.4 is 16.5 Å². The number of hydrogen-bond donors (Lipinski definition) is 3. The Balaban J connectivity index is 2.09. The van der Waals surface area contributed by atoms with Crippen LogP contribution in [0.2, 0.25) is 5.02 Å². The van der Waals surface area contributed by atoms with Crippen molar-refractivity contribution in [3.8, 4) is 0 Å². The molecule has 0 atom stereocenters. The fraction of sp³-hybridized carbons (Fsp3) is 0. The maximum absolute atomic E-state index is 12.1. The number of nitrogens with two attached hydrogens (primary N) is 1. The smallest absolute Gasteiger partial charge is 0.349 e. The number of rotatable bonds is 3. The predicted molar refractivity (Wildman–Crippen MR) is 82.0 cm³/mol. The van der Waals surface area contributed by atoms with E-state index in [0.29, 0.717) is 21.4 Å². The summed E-state index contributed by atoms with van der Waals surface area (Å²) in [6.07, 6.45) is 0. The van der Waals surface area contributed by atoms with Crippen LogP contribution in [0.4, 0.5) is 21.0 Å². The van der Waals surface area contributed by atoms with Gasteiger partial charge in [0.05, 0.1) is 5.69 Å². The van der Waals surface area contributed by atoms with Crippen molar-refractivity contribution in [1.82, 2.24) is 5.01 Å². The van der Waals surface area contributed by atoms with Gasteiger partial charge in [-0.1, -0.05) is 29.8 Å². The molecule has 0 spiro atoms. The summed E-state index contributed by atoms with van der Waals surface area (Å²) in [5.41, 5.74) is 8.87. The van der Waals surface area contributed by atoms with E-state index in [1.165, 1.54) is 0 Å². The van der Waals surface area contributed by atoms with E-state index in [1.54, 1.807) is 48.5 Å². The monoisotopic (exact) mass is 304 g/mol. The van der Waals surface area contributed by atoms with Gasteiger partial charge in [0.25, 0.3) is 0 Å². The number of anilines is 2. The first-order valence-corrected chi connectivity index (χ1v) is 6.42. The largest absolute Gasteiger partial charge is 0.350 e. The van der Waals surface area contributed by atoms with Gasteiger partial charge in [0.2, 0.25) is 0 Å². The number of urea groups is 2. The van der Waals surface area contributed by atoms with Crippen molar-refractivity contribution < 1.29 is 9.59 Å². The second-order valence-corrected chi connectivity index (χ2v) is 4.52. The van der Waals surface area contributed by atoms with Gasteiger partial charge in [-0.15, -0.1) is 0 Å². The summed E-state index contributed by atoms with van der Waals surface area (Å²) in [5, 5.41) is 3.77. The summed E-state index contributed by atoms with van der Waals surface area (Å²) in [7, 11) is 0. The van der Waals surface area contributed by atoms with Crippen molar-refractivity contribution in [2.24, 2.45) is 5.73 Å². The zero-order valence-electron chi connectivity index (χ0n) is 10.9. The number of carbonyl (C=O) groups excluding carboxylic acids is 2. The standard InChI is InChI=1S/C14H13ClN4O2/c15-10-6-8-12(9-7-10)18-19(13(16)20)14(21)17-11-4-2-1-3-5-11/h1-9,18H,(H2,16,20)(H,17,21). The fourth-order valence-electron chi connectivity index (χ4n) is 1.56. The molecule has 2 aromatic rings. The Morgan fingerprint density at radius 1 is 0.952 bits per heavy atom. The summed E-state index contributed by atoms with van der Waals surface area (Å²) in [5.74, 6) is 0. The Morgan fingerprint density at radius 3 is 2.14 bits per heavy atom. The Kier molecular flexibility index (Phi) is 4.63. The SMILES string of the molecule is NC(=O)N(Nc1ccc(Cl)cc1)C(=O)Nc1ccccc1. The Morgan fingerprint density at radius 2 is 1.57 bits per heavy atom. The van der Waals surface area contributed by atoms with Crippen LogP contribution in [0.25, 0.3) is 0 Å². The summed E-state index contributed by atoms with van der Waals surface area (Å²) in [6.45, 7) is 0.